The fourth-order valence-electron chi connectivity index (χ4n) is 4.02. The van der Waals surface area contributed by atoms with Crippen molar-refractivity contribution in [1.82, 2.24) is 4.98 Å². The Bertz CT molecular complexity index is 1550. The fraction of sp³-hybridized carbons (Fsp3) is 0.143. The van der Waals surface area contributed by atoms with E-state index in [0.29, 0.717) is 46.6 Å². The summed E-state index contributed by atoms with van der Waals surface area (Å²) in [5, 5.41) is 15.4. The summed E-state index contributed by atoms with van der Waals surface area (Å²) in [5.41, 5.74) is 0.188. The number of carboxylic acid groups (broad SMARTS) is 1. The first kappa shape index (κ1) is 24.7. The lowest BCUT2D eigenvalue weighted by Gasteiger charge is -2.16. The number of carbonyl (C=O) groups excluding carboxylic acids is 2. The van der Waals surface area contributed by atoms with Crippen molar-refractivity contribution in [2.45, 2.75) is 12.8 Å². The van der Waals surface area contributed by atoms with Crippen LogP contribution in [0.15, 0.2) is 72.9 Å². The summed E-state index contributed by atoms with van der Waals surface area (Å²) < 4.78 is 24.3. The van der Waals surface area contributed by atoms with E-state index in [1.165, 1.54) is 49.7 Å². The highest BCUT2D eigenvalue weighted by Gasteiger charge is 2.56. The Balaban J connectivity index is 1.28. The van der Waals surface area contributed by atoms with Crippen molar-refractivity contribution >= 4 is 40.1 Å². The molecule has 0 atom stereocenters. The molecule has 4 aromatic rings. The topological polar surface area (TPSA) is 127 Å². The first-order chi connectivity index (χ1) is 18.3. The van der Waals surface area contributed by atoms with Gasteiger partial charge in [0.25, 0.3) is 0 Å². The van der Waals surface area contributed by atoms with E-state index in [2.05, 4.69) is 15.6 Å². The Morgan fingerprint density at radius 1 is 0.895 bits per heavy atom. The van der Waals surface area contributed by atoms with Crippen LogP contribution in [0.4, 0.5) is 15.8 Å². The van der Waals surface area contributed by atoms with Crippen LogP contribution < -0.4 is 20.1 Å². The standard InChI is InChI=1S/C28H22FN3O6/c1-37-24-15-22-20(14-21(24)25(33)34)23(10-13-30-22)38-19-8-6-18(7-9-19)32-27(36)28(11-12-28)26(35)31-17-4-2-16(29)3-5-17/h2-10,13-15H,11-12H2,1H3,(H,31,35)(H,32,36)(H,33,34). The summed E-state index contributed by atoms with van der Waals surface area (Å²) in [6.07, 6.45) is 2.36. The number of ether oxygens (including phenoxy) is 2. The number of amides is 2. The molecule has 9 nitrogen and oxygen atoms in total. The van der Waals surface area contributed by atoms with E-state index in [-0.39, 0.29) is 11.3 Å². The number of nitrogens with zero attached hydrogens (tertiary/aromatic N) is 1. The maximum absolute atomic E-state index is 13.1. The third-order valence-electron chi connectivity index (χ3n) is 6.31. The zero-order valence-electron chi connectivity index (χ0n) is 20.2. The molecule has 192 valence electrons. The SMILES string of the molecule is COc1cc2nccc(Oc3ccc(NC(=O)C4(C(=O)Nc5ccc(F)cc5)CC4)cc3)c2cc1C(=O)O. The number of carboxylic acids is 1. The number of rotatable bonds is 8. The van der Waals surface area contributed by atoms with Crippen LogP contribution in [0.25, 0.3) is 10.9 Å². The summed E-state index contributed by atoms with van der Waals surface area (Å²) in [6.45, 7) is 0. The number of halogens is 1. The second-order valence-electron chi connectivity index (χ2n) is 8.81. The highest BCUT2D eigenvalue weighted by atomic mass is 19.1. The van der Waals surface area contributed by atoms with E-state index < -0.39 is 29.0 Å². The Morgan fingerprint density at radius 3 is 2.05 bits per heavy atom. The van der Waals surface area contributed by atoms with Crippen LogP contribution >= 0.6 is 0 Å². The molecule has 0 bridgehead atoms. The monoisotopic (exact) mass is 515 g/mol. The molecule has 0 spiro atoms. The lowest BCUT2D eigenvalue weighted by molar-refractivity contribution is -0.131. The second-order valence-corrected chi connectivity index (χ2v) is 8.81. The van der Waals surface area contributed by atoms with E-state index in [9.17, 15) is 23.9 Å². The van der Waals surface area contributed by atoms with Gasteiger partial charge in [-0.2, -0.15) is 0 Å². The minimum Gasteiger partial charge on any atom is -0.496 e. The summed E-state index contributed by atoms with van der Waals surface area (Å²) in [5.74, 6) is -1.40. The normalized spacial score (nSPS) is 13.4. The molecule has 0 aliphatic heterocycles. The lowest BCUT2D eigenvalue weighted by atomic mass is 10.0. The maximum atomic E-state index is 13.1. The number of nitrogens with one attached hydrogen (secondary N) is 2. The second kappa shape index (κ2) is 9.81. The van der Waals surface area contributed by atoms with Gasteiger partial charge in [-0.05, 0) is 73.5 Å². The molecule has 10 heteroatoms. The van der Waals surface area contributed by atoms with Crippen molar-refractivity contribution in [3.8, 4) is 17.2 Å². The van der Waals surface area contributed by atoms with Crippen molar-refractivity contribution in [2.75, 3.05) is 17.7 Å². The van der Waals surface area contributed by atoms with Gasteiger partial charge in [0.2, 0.25) is 11.8 Å². The molecular formula is C28H22FN3O6. The van der Waals surface area contributed by atoms with Gasteiger partial charge in [0.1, 0.15) is 34.0 Å². The third kappa shape index (κ3) is 4.83. The number of aromatic carboxylic acids is 1. The van der Waals surface area contributed by atoms with Gasteiger partial charge < -0.3 is 25.2 Å². The molecule has 1 aliphatic carbocycles. The zero-order chi connectivity index (χ0) is 26.9. The van der Waals surface area contributed by atoms with Crippen molar-refractivity contribution < 1.29 is 33.4 Å². The molecule has 5 rings (SSSR count). The number of anilines is 2. The largest absolute Gasteiger partial charge is 0.496 e. The van der Waals surface area contributed by atoms with Gasteiger partial charge in [-0.15, -0.1) is 0 Å². The van der Waals surface area contributed by atoms with E-state index in [4.69, 9.17) is 9.47 Å². The van der Waals surface area contributed by atoms with E-state index >= 15 is 0 Å². The lowest BCUT2D eigenvalue weighted by Crippen LogP contribution is -2.35. The number of pyridine rings is 1. The molecule has 1 aliphatic rings. The van der Waals surface area contributed by atoms with Gasteiger partial charge in [0.05, 0.1) is 12.6 Å². The molecule has 3 aromatic carbocycles. The molecule has 2 amide bonds. The molecule has 3 N–H and O–H groups in total. The van der Waals surface area contributed by atoms with Gasteiger partial charge in [0.15, 0.2) is 0 Å². The summed E-state index contributed by atoms with van der Waals surface area (Å²) in [7, 11) is 1.39. The predicted molar refractivity (Wildman–Crippen MR) is 137 cm³/mol. The average molecular weight is 515 g/mol. The number of hydrogen-bond acceptors (Lipinski definition) is 6. The van der Waals surface area contributed by atoms with Gasteiger partial charge in [-0.1, -0.05) is 0 Å². The van der Waals surface area contributed by atoms with E-state index in [0.717, 1.165) is 0 Å². The molecule has 0 unspecified atom stereocenters. The van der Waals surface area contributed by atoms with Crippen LogP contribution in [0, 0.1) is 11.2 Å². The fourth-order valence-corrected chi connectivity index (χ4v) is 4.02. The van der Waals surface area contributed by atoms with Crippen LogP contribution in [0.3, 0.4) is 0 Å². The number of fused-ring (bicyclic) bond motifs is 1. The maximum Gasteiger partial charge on any atom is 0.339 e. The molecule has 0 saturated heterocycles. The van der Waals surface area contributed by atoms with Crippen LogP contribution in [0.2, 0.25) is 0 Å². The highest BCUT2D eigenvalue weighted by Crippen LogP contribution is 2.47. The molecule has 1 heterocycles. The number of aromatic nitrogens is 1. The average Bonchev–Trinajstić information content (AvgIpc) is 3.73. The molecule has 1 fully saturated rings. The molecule has 38 heavy (non-hydrogen) atoms. The first-order valence-corrected chi connectivity index (χ1v) is 11.7. The summed E-state index contributed by atoms with van der Waals surface area (Å²) in [4.78, 5) is 41.6. The van der Waals surface area contributed by atoms with Crippen molar-refractivity contribution in [3.05, 3.63) is 84.3 Å². The molecule has 1 aromatic heterocycles. The molecule has 1 saturated carbocycles. The van der Waals surface area contributed by atoms with Crippen LogP contribution in [-0.2, 0) is 9.59 Å². The molecular weight excluding hydrogens is 493 g/mol. The predicted octanol–water partition coefficient (Wildman–Crippen LogP) is 5.23. The van der Waals surface area contributed by atoms with Crippen molar-refractivity contribution in [2.24, 2.45) is 5.41 Å². The number of benzene rings is 3. The summed E-state index contributed by atoms with van der Waals surface area (Å²) >= 11 is 0. The van der Waals surface area contributed by atoms with E-state index in [1.54, 1.807) is 30.3 Å². The van der Waals surface area contributed by atoms with Crippen LogP contribution in [0.5, 0.6) is 17.2 Å². The smallest absolute Gasteiger partial charge is 0.339 e. The number of methoxy groups -OCH3 is 1. The van der Waals surface area contributed by atoms with Crippen molar-refractivity contribution in [1.29, 1.82) is 0 Å². The van der Waals surface area contributed by atoms with Gasteiger partial charge >= 0.3 is 5.97 Å². The first-order valence-electron chi connectivity index (χ1n) is 11.7. The van der Waals surface area contributed by atoms with Gasteiger partial charge in [-0.3, -0.25) is 14.6 Å². The minimum absolute atomic E-state index is 0.0200. The van der Waals surface area contributed by atoms with E-state index in [1.807, 2.05) is 0 Å². The Kier molecular flexibility index (Phi) is 6.38. The van der Waals surface area contributed by atoms with Crippen molar-refractivity contribution in [3.63, 3.8) is 0 Å². The zero-order valence-corrected chi connectivity index (χ0v) is 20.2. The van der Waals surface area contributed by atoms with Crippen LogP contribution in [-0.4, -0.2) is 35.0 Å². The van der Waals surface area contributed by atoms with Gasteiger partial charge in [0, 0.05) is 29.0 Å². The quantitative estimate of drug-likeness (QED) is 0.274. The Labute approximate surface area is 216 Å². The highest BCUT2D eigenvalue weighted by molar-refractivity contribution is 6.16. The summed E-state index contributed by atoms with van der Waals surface area (Å²) in [6, 6.07) is 16.5. The number of hydrogen-bond donors (Lipinski definition) is 3. The third-order valence-corrected chi connectivity index (χ3v) is 6.31. The van der Waals surface area contributed by atoms with Crippen LogP contribution in [0.1, 0.15) is 23.2 Å². The molecule has 0 radical (unpaired) electrons. The number of carbonyl (C=O) groups is 3. The van der Waals surface area contributed by atoms with Gasteiger partial charge in [-0.25, -0.2) is 9.18 Å². The minimum atomic E-state index is -1.18. The Morgan fingerprint density at radius 2 is 1.50 bits per heavy atom. The Hall–Kier alpha value is -4.99.